The van der Waals surface area contributed by atoms with Crippen LogP contribution in [0.5, 0.6) is 0 Å². The summed E-state index contributed by atoms with van der Waals surface area (Å²) in [7, 11) is 0. The predicted octanol–water partition coefficient (Wildman–Crippen LogP) is 2.77. The molecule has 4 amide bonds. The van der Waals surface area contributed by atoms with Crippen LogP contribution < -0.4 is 10.7 Å². The van der Waals surface area contributed by atoms with Crippen LogP contribution in [0.15, 0.2) is 66.9 Å². The van der Waals surface area contributed by atoms with E-state index in [-0.39, 0.29) is 5.56 Å². The van der Waals surface area contributed by atoms with Crippen molar-refractivity contribution in [3.05, 3.63) is 83.7 Å². The highest BCUT2D eigenvalue weighted by Crippen LogP contribution is 2.23. The Balaban J connectivity index is 1.47. The van der Waals surface area contributed by atoms with Gasteiger partial charge in [0.2, 0.25) is 0 Å². The Morgan fingerprint density at radius 3 is 2.39 bits per heavy atom. The first kappa shape index (κ1) is 20.3. The number of para-hydroxylation sites is 1. The average Bonchev–Trinajstić information content (AvgIpc) is 3.26. The number of amides is 4. The number of rotatable bonds is 6. The zero-order chi connectivity index (χ0) is 22.0. The predicted molar refractivity (Wildman–Crippen MR) is 114 cm³/mol. The molecular formula is C23H23N5O3. The largest absolute Gasteiger partial charge is 0.344 e. The first-order valence-electron chi connectivity index (χ1n) is 10.0. The highest BCUT2D eigenvalue weighted by molar-refractivity contribution is 6.09. The van der Waals surface area contributed by atoms with Gasteiger partial charge in [-0.2, -0.15) is 10.1 Å². The fourth-order valence-corrected chi connectivity index (χ4v) is 3.62. The number of imide groups is 1. The summed E-state index contributed by atoms with van der Waals surface area (Å²) in [6.07, 6.45) is 2.46. The summed E-state index contributed by atoms with van der Waals surface area (Å²) in [5.41, 5.74) is 4.09. The molecule has 0 spiro atoms. The summed E-state index contributed by atoms with van der Waals surface area (Å²) in [5.74, 6) is -1.06. The molecule has 8 nitrogen and oxygen atoms in total. The van der Waals surface area contributed by atoms with Crippen molar-refractivity contribution in [3.63, 3.8) is 0 Å². The lowest BCUT2D eigenvalue weighted by atomic mass is 9.93. The summed E-state index contributed by atoms with van der Waals surface area (Å²) in [6, 6.07) is 18.5. The van der Waals surface area contributed by atoms with Gasteiger partial charge in [0.05, 0.1) is 23.1 Å². The van der Waals surface area contributed by atoms with E-state index in [1.165, 1.54) is 6.20 Å². The number of nitrogens with zero attached hydrogens (tertiary/aromatic N) is 3. The smallest absolute Gasteiger partial charge is 0.322 e. The van der Waals surface area contributed by atoms with Crippen LogP contribution in [0.1, 0.15) is 35.0 Å². The van der Waals surface area contributed by atoms with E-state index in [9.17, 15) is 14.4 Å². The van der Waals surface area contributed by atoms with E-state index in [0.29, 0.717) is 18.5 Å². The van der Waals surface area contributed by atoms with Crippen molar-refractivity contribution in [2.24, 2.45) is 0 Å². The molecule has 0 saturated carbocycles. The highest BCUT2D eigenvalue weighted by atomic mass is 16.2. The number of urea groups is 1. The minimum Gasteiger partial charge on any atom is -0.322 e. The molecule has 0 radical (unpaired) electrons. The van der Waals surface area contributed by atoms with E-state index < -0.39 is 23.4 Å². The van der Waals surface area contributed by atoms with Gasteiger partial charge in [-0.3, -0.25) is 15.0 Å². The van der Waals surface area contributed by atoms with Crippen LogP contribution in [0.25, 0.3) is 5.69 Å². The first-order chi connectivity index (χ1) is 14.9. The van der Waals surface area contributed by atoms with Gasteiger partial charge in [-0.25, -0.2) is 9.48 Å². The van der Waals surface area contributed by atoms with Crippen LogP contribution in [-0.4, -0.2) is 38.2 Å². The average molecular weight is 417 g/mol. The number of aromatic nitrogens is 2. The Hall–Kier alpha value is -3.94. The second kappa shape index (κ2) is 8.06. The van der Waals surface area contributed by atoms with Crippen LogP contribution in [0.3, 0.4) is 0 Å². The van der Waals surface area contributed by atoms with E-state index in [0.717, 1.165) is 16.3 Å². The van der Waals surface area contributed by atoms with Crippen LogP contribution in [0.2, 0.25) is 0 Å². The summed E-state index contributed by atoms with van der Waals surface area (Å²) in [4.78, 5) is 38.2. The molecule has 1 saturated heterocycles. The molecule has 2 heterocycles. The molecule has 158 valence electrons. The number of benzene rings is 2. The molecule has 0 aliphatic carbocycles. The van der Waals surface area contributed by atoms with E-state index in [4.69, 9.17) is 0 Å². The molecule has 2 N–H and O–H groups in total. The Labute approximate surface area is 179 Å². The van der Waals surface area contributed by atoms with Crippen LogP contribution >= 0.6 is 0 Å². The maximum absolute atomic E-state index is 12.9. The molecule has 1 fully saturated rings. The van der Waals surface area contributed by atoms with Crippen molar-refractivity contribution in [1.29, 1.82) is 0 Å². The van der Waals surface area contributed by atoms with Crippen LogP contribution in [0.4, 0.5) is 4.79 Å². The summed E-state index contributed by atoms with van der Waals surface area (Å²) >= 11 is 0. The molecule has 3 aromatic rings. The summed E-state index contributed by atoms with van der Waals surface area (Å²) in [5, 5.41) is 7.72. The second-order valence-electron chi connectivity index (χ2n) is 7.72. The molecule has 1 aromatic heterocycles. The van der Waals surface area contributed by atoms with E-state index in [1.54, 1.807) is 18.5 Å². The van der Waals surface area contributed by atoms with E-state index in [2.05, 4.69) is 15.8 Å². The lowest BCUT2D eigenvalue weighted by Crippen LogP contribution is -2.49. The van der Waals surface area contributed by atoms with Gasteiger partial charge < -0.3 is 5.32 Å². The third kappa shape index (κ3) is 3.92. The fraction of sp³-hybridized carbons (Fsp3) is 0.217. The Kier molecular flexibility index (Phi) is 5.29. The second-order valence-corrected chi connectivity index (χ2v) is 7.72. The van der Waals surface area contributed by atoms with Crippen molar-refractivity contribution in [2.75, 3.05) is 0 Å². The third-order valence-corrected chi connectivity index (χ3v) is 5.49. The lowest BCUT2D eigenvalue weighted by molar-refractivity contribution is -0.132. The molecule has 1 aliphatic heterocycles. The molecule has 2 aromatic carbocycles. The number of carbonyl (C=O) groups is 3. The third-order valence-electron chi connectivity index (χ3n) is 5.49. The van der Waals surface area contributed by atoms with Gasteiger partial charge in [-0.05, 0) is 44.4 Å². The minimum absolute atomic E-state index is 0.280. The zero-order valence-corrected chi connectivity index (χ0v) is 17.3. The summed E-state index contributed by atoms with van der Waals surface area (Å²) in [6.45, 7) is 3.42. The van der Waals surface area contributed by atoms with Gasteiger partial charge in [-0.15, -0.1) is 0 Å². The molecule has 0 bridgehead atoms. The fourth-order valence-electron chi connectivity index (χ4n) is 3.62. The van der Waals surface area contributed by atoms with Gasteiger partial charge >= 0.3 is 6.03 Å². The number of hydrogen-bond acceptors (Lipinski definition) is 4. The van der Waals surface area contributed by atoms with Crippen molar-refractivity contribution >= 4 is 17.8 Å². The highest BCUT2D eigenvalue weighted by Gasteiger charge is 2.48. The van der Waals surface area contributed by atoms with Gasteiger partial charge in [0, 0.05) is 0 Å². The molecule has 1 atom stereocenters. The normalized spacial score (nSPS) is 18.2. The van der Waals surface area contributed by atoms with E-state index >= 15 is 0 Å². The molecule has 8 heteroatoms. The maximum Gasteiger partial charge on any atom is 0.344 e. The first-order valence-corrected chi connectivity index (χ1v) is 10.0. The van der Waals surface area contributed by atoms with Crippen molar-refractivity contribution < 1.29 is 14.4 Å². The standard InChI is InChI=1S/C23H23N5O3/c1-16-19(15-24-27(16)18-11-7-4-8-12-18)20(29)26-28-21(30)23(2,25-22(28)31)14-13-17-9-5-3-6-10-17/h3-12,15H,13-14H2,1-2H3,(H,25,31)(H,26,29). The van der Waals surface area contributed by atoms with Gasteiger partial charge in [-0.1, -0.05) is 48.5 Å². The molecule has 1 aliphatic rings. The topological polar surface area (TPSA) is 96.3 Å². The van der Waals surface area contributed by atoms with E-state index in [1.807, 2.05) is 60.7 Å². The number of nitrogens with one attached hydrogen (secondary N) is 2. The number of hydrogen-bond donors (Lipinski definition) is 2. The number of carbonyl (C=O) groups excluding carboxylic acids is 3. The van der Waals surface area contributed by atoms with Crippen molar-refractivity contribution in [1.82, 2.24) is 25.5 Å². The Morgan fingerprint density at radius 1 is 1.06 bits per heavy atom. The number of aryl methyl sites for hydroxylation is 1. The quantitative estimate of drug-likeness (QED) is 0.603. The summed E-state index contributed by atoms with van der Waals surface area (Å²) < 4.78 is 1.63. The van der Waals surface area contributed by atoms with Gasteiger partial charge in [0.1, 0.15) is 5.54 Å². The monoisotopic (exact) mass is 417 g/mol. The Bertz CT molecular complexity index is 1130. The molecular weight excluding hydrogens is 394 g/mol. The zero-order valence-electron chi connectivity index (χ0n) is 17.3. The van der Waals surface area contributed by atoms with Crippen LogP contribution in [-0.2, 0) is 11.2 Å². The van der Waals surface area contributed by atoms with Crippen LogP contribution in [0, 0.1) is 6.92 Å². The Morgan fingerprint density at radius 2 is 1.71 bits per heavy atom. The van der Waals surface area contributed by atoms with Gasteiger partial charge in [0.15, 0.2) is 0 Å². The minimum atomic E-state index is -1.09. The molecule has 4 rings (SSSR count). The number of hydrazine groups is 1. The SMILES string of the molecule is Cc1c(C(=O)NN2C(=O)NC(C)(CCc3ccccc3)C2=O)cnn1-c1ccccc1. The van der Waals surface area contributed by atoms with Crippen molar-refractivity contribution in [3.8, 4) is 5.69 Å². The van der Waals surface area contributed by atoms with Crippen molar-refractivity contribution in [2.45, 2.75) is 32.2 Å². The molecule has 31 heavy (non-hydrogen) atoms. The maximum atomic E-state index is 12.9. The lowest BCUT2D eigenvalue weighted by Gasteiger charge is -2.21. The molecule has 1 unspecified atom stereocenters. The van der Waals surface area contributed by atoms with Gasteiger partial charge in [0.25, 0.3) is 11.8 Å².